The zero-order valence-electron chi connectivity index (χ0n) is 11.0. The monoisotopic (exact) mass is 439 g/mol. The molecule has 3 nitrogen and oxygen atoms in total. The fourth-order valence-electron chi connectivity index (χ4n) is 2.01. The first-order chi connectivity index (χ1) is 10.6. The maximum atomic E-state index is 12.3. The first-order valence-electron chi connectivity index (χ1n) is 6.27. The Morgan fingerprint density at radius 3 is 2.68 bits per heavy atom. The first kappa shape index (κ1) is 15.5. The van der Waals surface area contributed by atoms with Crippen LogP contribution in [0.15, 0.2) is 57.6 Å². The molecule has 0 fully saturated rings. The lowest BCUT2D eigenvalue weighted by Crippen LogP contribution is -2.09. The highest BCUT2D eigenvalue weighted by Crippen LogP contribution is 2.37. The Hall–Kier alpha value is -1.43. The molecule has 0 saturated carbocycles. The van der Waals surface area contributed by atoms with Crippen LogP contribution in [-0.2, 0) is 0 Å². The van der Waals surface area contributed by atoms with Crippen LogP contribution in [0.1, 0.15) is 10.4 Å². The van der Waals surface area contributed by atoms with Crippen molar-refractivity contribution in [3.8, 4) is 5.75 Å². The second kappa shape index (κ2) is 6.36. The van der Waals surface area contributed by atoms with Gasteiger partial charge in [-0.15, -0.1) is 0 Å². The van der Waals surface area contributed by atoms with Gasteiger partial charge < -0.3 is 4.74 Å². The number of halogens is 3. The molecule has 22 heavy (non-hydrogen) atoms. The second-order valence-corrected chi connectivity index (χ2v) is 6.61. The molecule has 1 aromatic heterocycles. The molecule has 1 heterocycles. The number of pyridine rings is 1. The molecular formula is C16H8Br2ClNO2. The molecule has 0 aliphatic heterocycles. The zero-order valence-corrected chi connectivity index (χ0v) is 14.9. The lowest BCUT2D eigenvalue weighted by molar-refractivity contribution is 0.0735. The number of aromatic nitrogens is 1. The van der Waals surface area contributed by atoms with Crippen molar-refractivity contribution < 1.29 is 9.53 Å². The molecule has 0 atom stereocenters. The van der Waals surface area contributed by atoms with Gasteiger partial charge in [0.1, 0.15) is 5.52 Å². The predicted octanol–water partition coefficient (Wildman–Crippen LogP) is 5.63. The average molecular weight is 442 g/mol. The lowest BCUT2D eigenvalue weighted by Gasteiger charge is -2.10. The summed E-state index contributed by atoms with van der Waals surface area (Å²) < 4.78 is 7.03. The smallest absolute Gasteiger partial charge is 0.343 e. The normalized spacial score (nSPS) is 10.7. The van der Waals surface area contributed by atoms with Gasteiger partial charge in [0.25, 0.3) is 0 Å². The highest BCUT2D eigenvalue weighted by molar-refractivity contribution is 9.11. The summed E-state index contributed by atoms with van der Waals surface area (Å²) in [4.78, 5) is 16.6. The molecule has 0 spiro atoms. The third kappa shape index (κ3) is 3.02. The molecule has 0 aliphatic rings. The van der Waals surface area contributed by atoms with Crippen molar-refractivity contribution in [3.63, 3.8) is 0 Å². The van der Waals surface area contributed by atoms with Gasteiger partial charge >= 0.3 is 5.97 Å². The van der Waals surface area contributed by atoms with Crippen LogP contribution in [-0.4, -0.2) is 11.0 Å². The minimum absolute atomic E-state index is 0.378. The quantitative estimate of drug-likeness (QED) is 0.382. The molecule has 0 unspecified atom stereocenters. The van der Waals surface area contributed by atoms with E-state index in [9.17, 15) is 4.79 Å². The molecule has 6 heteroatoms. The van der Waals surface area contributed by atoms with Crippen LogP contribution >= 0.6 is 43.5 Å². The molecule has 2 aromatic carbocycles. The summed E-state index contributed by atoms with van der Waals surface area (Å²) in [5.74, 6) is -0.110. The minimum atomic E-state index is -0.488. The summed E-state index contributed by atoms with van der Waals surface area (Å²) in [5.41, 5.74) is 0.977. The third-order valence-electron chi connectivity index (χ3n) is 3.01. The SMILES string of the molecule is O=C(Oc1c(Br)cc(Br)c2cccnc12)c1cccc(Cl)c1. The van der Waals surface area contributed by atoms with Gasteiger partial charge in [-0.1, -0.05) is 39.7 Å². The molecule has 110 valence electrons. The van der Waals surface area contributed by atoms with Crippen LogP contribution in [0.3, 0.4) is 0 Å². The Morgan fingerprint density at radius 2 is 1.91 bits per heavy atom. The van der Waals surface area contributed by atoms with Crippen LogP contribution < -0.4 is 4.74 Å². The van der Waals surface area contributed by atoms with Crippen molar-refractivity contribution in [2.75, 3.05) is 0 Å². The molecule has 0 amide bonds. The number of benzene rings is 2. The largest absolute Gasteiger partial charge is 0.419 e. The number of hydrogen-bond donors (Lipinski definition) is 0. The molecule has 3 aromatic rings. The van der Waals surface area contributed by atoms with Crippen molar-refractivity contribution in [3.05, 3.63) is 68.2 Å². The van der Waals surface area contributed by atoms with E-state index in [0.29, 0.717) is 26.3 Å². The number of carbonyl (C=O) groups excluding carboxylic acids is 1. The van der Waals surface area contributed by atoms with Crippen molar-refractivity contribution >= 4 is 60.3 Å². The van der Waals surface area contributed by atoms with Crippen LogP contribution in [0.5, 0.6) is 5.75 Å². The van der Waals surface area contributed by atoms with E-state index in [4.69, 9.17) is 16.3 Å². The van der Waals surface area contributed by atoms with E-state index in [1.54, 1.807) is 30.5 Å². The summed E-state index contributed by atoms with van der Waals surface area (Å²) in [7, 11) is 0. The van der Waals surface area contributed by atoms with Crippen LogP contribution in [0, 0.1) is 0 Å². The van der Waals surface area contributed by atoms with E-state index in [1.807, 2.05) is 18.2 Å². The number of ether oxygens (including phenoxy) is 1. The summed E-state index contributed by atoms with van der Waals surface area (Å²) in [6.45, 7) is 0. The van der Waals surface area contributed by atoms with Crippen molar-refractivity contribution in [2.45, 2.75) is 0 Å². The fraction of sp³-hybridized carbons (Fsp3) is 0. The molecule has 0 radical (unpaired) electrons. The number of hydrogen-bond acceptors (Lipinski definition) is 3. The summed E-state index contributed by atoms with van der Waals surface area (Å²) in [5, 5.41) is 1.34. The van der Waals surface area contributed by atoms with Gasteiger partial charge in [-0.05, 0) is 46.3 Å². The zero-order chi connectivity index (χ0) is 15.7. The van der Waals surface area contributed by atoms with Gasteiger partial charge in [-0.3, -0.25) is 4.98 Å². The topological polar surface area (TPSA) is 39.2 Å². The average Bonchev–Trinajstić information content (AvgIpc) is 2.51. The maximum Gasteiger partial charge on any atom is 0.343 e. The number of fused-ring (bicyclic) bond motifs is 1. The van der Waals surface area contributed by atoms with Gasteiger partial charge in [0, 0.05) is 21.1 Å². The highest BCUT2D eigenvalue weighted by Gasteiger charge is 2.16. The van der Waals surface area contributed by atoms with E-state index in [1.165, 1.54) is 0 Å². The Balaban J connectivity index is 2.06. The molecule has 0 saturated heterocycles. The van der Waals surface area contributed by atoms with Gasteiger partial charge in [-0.2, -0.15) is 0 Å². The molecule has 0 bridgehead atoms. The number of rotatable bonds is 2. The van der Waals surface area contributed by atoms with E-state index in [-0.39, 0.29) is 0 Å². The van der Waals surface area contributed by atoms with Gasteiger partial charge in [-0.25, -0.2) is 4.79 Å². The van der Waals surface area contributed by atoms with Crippen LogP contribution in [0.4, 0.5) is 0 Å². The van der Waals surface area contributed by atoms with E-state index < -0.39 is 5.97 Å². The van der Waals surface area contributed by atoms with E-state index in [2.05, 4.69) is 36.8 Å². The fourth-order valence-corrected chi connectivity index (χ4v) is 3.55. The molecule has 0 N–H and O–H groups in total. The van der Waals surface area contributed by atoms with Crippen molar-refractivity contribution in [1.29, 1.82) is 0 Å². The van der Waals surface area contributed by atoms with Gasteiger partial charge in [0.05, 0.1) is 10.0 Å². The van der Waals surface area contributed by atoms with Crippen molar-refractivity contribution in [2.24, 2.45) is 0 Å². The van der Waals surface area contributed by atoms with Crippen LogP contribution in [0.2, 0.25) is 5.02 Å². The first-order valence-corrected chi connectivity index (χ1v) is 8.23. The minimum Gasteiger partial charge on any atom is -0.419 e. The molecular weight excluding hydrogens is 433 g/mol. The summed E-state index contributed by atoms with van der Waals surface area (Å²) >= 11 is 12.8. The summed E-state index contributed by atoms with van der Waals surface area (Å²) in [6.07, 6.45) is 1.65. The molecule has 0 aliphatic carbocycles. The Kier molecular flexibility index (Phi) is 4.47. The highest BCUT2D eigenvalue weighted by atomic mass is 79.9. The van der Waals surface area contributed by atoms with Crippen LogP contribution in [0.25, 0.3) is 10.9 Å². The number of esters is 1. The van der Waals surface area contributed by atoms with E-state index in [0.717, 1.165) is 9.86 Å². The Morgan fingerprint density at radius 1 is 1.09 bits per heavy atom. The number of carbonyl (C=O) groups is 1. The van der Waals surface area contributed by atoms with Gasteiger partial charge in [0.15, 0.2) is 5.75 Å². The lowest BCUT2D eigenvalue weighted by atomic mass is 10.2. The number of nitrogens with zero attached hydrogens (tertiary/aromatic N) is 1. The third-order valence-corrected chi connectivity index (χ3v) is 4.49. The predicted molar refractivity (Wildman–Crippen MR) is 93.6 cm³/mol. The maximum absolute atomic E-state index is 12.3. The standard InChI is InChI=1S/C16H8Br2ClNO2/c17-12-8-13(18)15(14-11(12)5-2-6-20-14)22-16(21)9-3-1-4-10(19)7-9/h1-8H. The van der Waals surface area contributed by atoms with Crippen molar-refractivity contribution in [1.82, 2.24) is 4.98 Å². The second-order valence-electron chi connectivity index (χ2n) is 4.47. The molecule has 3 rings (SSSR count). The Bertz CT molecular complexity index is 883. The Labute approximate surface area is 148 Å². The summed E-state index contributed by atoms with van der Waals surface area (Å²) in [6, 6.07) is 12.2. The van der Waals surface area contributed by atoms with E-state index >= 15 is 0 Å². The van der Waals surface area contributed by atoms with Gasteiger partial charge in [0.2, 0.25) is 0 Å².